The molecular weight excluding hydrogens is 226 g/mol. The van der Waals surface area contributed by atoms with Crippen molar-refractivity contribution < 1.29 is 4.79 Å². The van der Waals surface area contributed by atoms with Crippen LogP contribution in [0.1, 0.15) is 34.6 Å². The van der Waals surface area contributed by atoms with Crippen LogP contribution in [0.25, 0.3) is 0 Å². The second kappa shape index (κ2) is 5.48. The van der Waals surface area contributed by atoms with Crippen molar-refractivity contribution in [2.75, 3.05) is 19.6 Å². The van der Waals surface area contributed by atoms with E-state index in [0.29, 0.717) is 12.5 Å². The topological polar surface area (TPSA) is 59.2 Å². The Morgan fingerprint density at radius 1 is 1.50 bits per heavy atom. The van der Waals surface area contributed by atoms with E-state index in [1.165, 1.54) is 0 Å². The van der Waals surface area contributed by atoms with Crippen LogP contribution in [-0.2, 0) is 0 Å². The summed E-state index contributed by atoms with van der Waals surface area (Å²) in [6, 6.07) is 3.77. The van der Waals surface area contributed by atoms with Crippen LogP contribution in [0.5, 0.6) is 0 Å². The molecule has 1 aliphatic heterocycles. The Labute approximate surface area is 108 Å². The lowest BCUT2D eigenvalue weighted by molar-refractivity contribution is 0.0677. The molecule has 2 rings (SSSR count). The zero-order chi connectivity index (χ0) is 13.1. The molecule has 1 saturated heterocycles. The van der Waals surface area contributed by atoms with E-state index in [9.17, 15) is 4.79 Å². The first kappa shape index (κ1) is 13.0. The number of nitrogens with zero attached hydrogens (tertiary/aromatic N) is 2. The van der Waals surface area contributed by atoms with Gasteiger partial charge >= 0.3 is 0 Å². The second-order valence-corrected chi connectivity index (χ2v) is 5.08. The number of aryl methyl sites for hydroxylation is 2. The first-order chi connectivity index (χ1) is 8.61. The van der Waals surface area contributed by atoms with Gasteiger partial charge in [0, 0.05) is 18.8 Å². The summed E-state index contributed by atoms with van der Waals surface area (Å²) >= 11 is 0. The Morgan fingerprint density at radius 3 is 2.94 bits per heavy atom. The molecule has 0 saturated carbocycles. The molecule has 0 aliphatic carbocycles. The predicted octanol–water partition coefficient (Wildman–Crippen LogP) is 1.51. The van der Waals surface area contributed by atoms with Gasteiger partial charge in [-0.25, -0.2) is 0 Å². The zero-order valence-electron chi connectivity index (χ0n) is 11.1. The quantitative estimate of drug-likeness (QED) is 0.861. The van der Waals surface area contributed by atoms with Crippen molar-refractivity contribution in [3.05, 3.63) is 29.1 Å². The van der Waals surface area contributed by atoms with E-state index in [4.69, 9.17) is 5.73 Å². The van der Waals surface area contributed by atoms with Gasteiger partial charge in [0.1, 0.15) is 0 Å². The van der Waals surface area contributed by atoms with Crippen LogP contribution in [0.15, 0.2) is 12.1 Å². The van der Waals surface area contributed by atoms with Crippen LogP contribution >= 0.6 is 0 Å². The molecule has 0 radical (unpaired) electrons. The summed E-state index contributed by atoms with van der Waals surface area (Å²) in [5, 5.41) is 0. The minimum Gasteiger partial charge on any atom is -0.338 e. The highest BCUT2D eigenvalue weighted by atomic mass is 16.2. The number of likely N-dealkylation sites (tertiary alicyclic amines) is 1. The van der Waals surface area contributed by atoms with Crippen LogP contribution in [-0.4, -0.2) is 35.4 Å². The monoisotopic (exact) mass is 247 g/mol. The lowest BCUT2D eigenvalue weighted by Gasteiger charge is -2.32. The van der Waals surface area contributed by atoms with E-state index in [-0.39, 0.29) is 5.91 Å². The van der Waals surface area contributed by atoms with Gasteiger partial charge in [0.2, 0.25) is 0 Å². The number of aromatic nitrogens is 1. The first-order valence-electron chi connectivity index (χ1n) is 6.55. The van der Waals surface area contributed by atoms with Gasteiger partial charge in [0.15, 0.2) is 0 Å². The lowest BCUT2D eigenvalue weighted by atomic mass is 9.97. The van der Waals surface area contributed by atoms with Crippen LogP contribution < -0.4 is 5.73 Å². The van der Waals surface area contributed by atoms with Crippen molar-refractivity contribution in [1.29, 1.82) is 0 Å². The first-order valence-corrected chi connectivity index (χ1v) is 6.55. The second-order valence-electron chi connectivity index (χ2n) is 5.08. The molecule has 18 heavy (non-hydrogen) atoms. The molecule has 0 aromatic carbocycles. The van der Waals surface area contributed by atoms with Crippen molar-refractivity contribution in [3.63, 3.8) is 0 Å². The Balaban J connectivity index is 2.15. The van der Waals surface area contributed by atoms with Gasteiger partial charge in [-0.05, 0) is 51.3 Å². The van der Waals surface area contributed by atoms with Gasteiger partial charge in [-0.1, -0.05) is 0 Å². The van der Waals surface area contributed by atoms with Crippen molar-refractivity contribution >= 4 is 5.91 Å². The number of piperidine rings is 1. The average Bonchev–Trinajstić information content (AvgIpc) is 2.38. The zero-order valence-corrected chi connectivity index (χ0v) is 11.1. The predicted molar refractivity (Wildman–Crippen MR) is 71.4 cm³/mol. The van der Waals surface area contributed by atoms with E-state index in [2.05, 4.69) is 4.98 Å². The van der Waals surface area contributed by atoms with Crippen molar-refractivity contribution in [3.8, 4) is 0 Å². The van der Waals surface area contributed by atoms with E-state index in [1.54, 1.807) is 0 Å². The fourth-order valence-corrected chi connectivity index (χ4v) is 2.52. The number of hydrogen-bond acceptors (Lipinski definition) is 3. The smallest absolute Gasteiger partial charge is 0.255 e. The highest BCUT2D eigenvalue weighted by Crippen LogP contribution is 2.18. The van der Waals surface area contributed by atoms with E-state index in [0.717, 1.165) is 42.9 Å². The molecule has 1 amide bonds. The average molecular weight is 247 g/mol. The molecule has 1 aromatic rings. The maximum atomic E-state index is 12.4. The number of carbonyl (C=O) groups is 1. The summed E-state index contributed by atoms with van der Waals surface area (Å²) in [4.78, 5) is 18.7. The molecule has 4 nitrogen and oxygen atoms in total. The molecule has 1 atom stereocenters. The SMILES string of the molecule is Cc1ccc(C(=O)N2CCCC(CN)C2)c(C)n1. The minimum absolute atomic E-state index is 0.0955. The molecule has 1 aliphatic rings. The maximum Gasteiger partial charge on any atom is 0.255 e. The van der Waals surface area contributed by atoms with Crippen LogP contribution in [0.4, 0.5) is 0 Å². The number of amides is 1. The highest BCUT2D eigenvalue weighted by molar-refractivity contribution is 5.95. The van der Waals surface area contributed by atoms with Gasteiger partial charge < -0.3 is 10.6 Å². The Kier molecular flexibility index (Phi) is 3.97. The third-order valence-electron chi connectivity index (χ3n) is 3.59. The van der Waals surface area contributed by atoms with Gasteiger partial charge in [-0.3, -0.25) is 9.78 Å². The minimum atomic E-state index is 0.0955. The Bertz CT molecular complexity index is 445. The van der Waals surface area contributed by atoms with E-state index in [1.807, 2.05) is 30.9 Å². The summed E-state index contributed by atoms with van der Waals surface area (Å²) in [7, 11) is 0. The number of pyridine rings is 1. The maximum absolute atomic E-state index is 12.4. The van der Waals surface area contributed by atoms with Crippen LogP contribution in [0.2, 0.25) is 0 Å². The summed E-state index contributed by atoms with van der Waals surface area (Å²) in [6.45, 7) is 6.11. The largest absolute Gasteiger partial charge is 0.338 e. The molecule has 1 fully saturated rings. The molecule has 0 bridgehead atoms. The molecular formula is C14H21N3O. The molecule has 2 N–H and O–H groups in total. The number of nitrogens with two attached hydrogens (primary N) is 1. The lowest BCUT2D eigenvalue weighted by Crippen LogP contribution is -2.42. The fourth-order valence-electron chi connectivity index (χ4n) is 2.52. The van der Waals surface area contributed by atoms with Crippen molar-refractivity contribution in [2.45, 2.75) is 26.7 Å². The Hall–Kier alpha value is -1.42. The number of hydrogen-bond donors (Lipinski definition) is 1. The summed E-state index contributed by atoms with van der Waals surface area (Å²) in [5.41, 5.74) is 8.19. The molecule has 2 heterocycles. The third kappa shape index (κ3) is 2.70. The van der Waals surface area contributed by atoms with Crippen LogP contribution in [0, 0.1) is 19.8 Å². The van der Waals surface area contributed by atoms with E-state index >= 15 is 0 Å². The molecule has 1 aromatic heterocycles. The normalized spacial score (nSPS) is 19.9. The van der Waals surface area contributed by atoms with Crippen molar-refractivity contribution in [2.24, 2.45) is 11.7 Å². The molecule has 98 valence electrons. The van der Waals surface area contributed by atoms with Gasteiger partial charge in [-0.15, -0.1) is 0 Å². The molecule has 0 spiro atoms. The fraction of sp³-hybridized carbons (Fsp3) is 0.571. The van der Waals surface area contributed by atoms with Gasteiger partial charge in [-0.2, -0.15) is 0 Å². The number of carbonyl (C=O) groups excluding carboxylic acids is 1. The Morgan fingerprint density at radius 2 is 2.28 bits per heavy atom. The van der Waals surface area contributed by atoms with Gasteiger partial charge in [0.05, 0.1) is 11.3 Å². The van der Waals surface area contributed by atoms with Crippen LogP contribution in [0.3, 0.4) is 0 Å². The highest BCUT2D eigenvalue weighted by Gasteiger charge is 2.24. The molecule has 4 heteroatoms. The summed E-state index contributed by atoms with van der Waals surface area (Å²) < 4.78 is 0. The third-order valence-corrected chi connectivity index (χ3v) is 3.59. The van der Waals surface area contributed by atoms with Gasteiger partial charge in [0.25, 0.3) is 5.91 Å². The standard InChI is InChI=1S/C14H21N3O/c1-10-5-6-13(11(2)16-10)14(18)17-7-3-4-12(8-15)9-17/h5-6,12H,3-4,7-9,15H2,1-2H3. The van der Waals surface area contributed by atoms with E-state index < -0.39 is 0 Å². The summed E-state index contributed by atoms with van der Waals surface area (Å²) in [6.07, 6.45) is 2.18. The molecule has 1 unspecified atom stereocenters. The van der Waals surface area contributed by atoms with Crippen molar-refractivity contribution in [1.82, 2.24) is 9.88 Å². The summed E-state index contributed by atoms with van der Waals surface area (Å²) in [5.74, 6) is 0.541. The number of rotatable bonds is 2.